The molecule has 0 saturated heterocycles. The van der Waals surface area contributed by atoms with E-state index >= 15 is 0 Å². The molecule has 0 amide bonds. The molecule has 2 aromatic heterocycles. The molecule has 0 aromatic carbocycles. The molecule has 0 unspecified atom stereocenters. The number of hydrogen-bond acceptors (Lipinski definition) is 5. The standard InChI is InChI=1S/C15H21N3OS/c1-5-19-12(3)15-17-13(10-20-15)9-18(4)14-8-6-7-11(2)16-14/h6-8,10,12H,5,9H2,1-4H3/t12-/m0/s1. The number of nitrogens with zero attached hydrogens (tertiary/aromatic N) is 3. The molecule has 0 spiro atoms. The maximum atomic E-state index is 5.57. The van der Waals surface area contributed by atoms with E-state index in [-0.39, 0.29) is 6.10 Å². The van der Waals surface area contributed by atoms with Gasteiger partial charge >= 0.3 is 0 Å². The van der Waals surface area contributed by atoms with E-state index in [4.69, 9.17) is 4.74 Å². The molecule has 2 aromatic rings. The molecule has 20 heavy (non-hydrogen) atoms. The summed E-state index contributed by atoms with van der Waals surface area (Å²) < 4.78 is 5.57. The van der Waals surface area contributed by atoms with Crippen LogP contribution in [-0.2, 0) is 11.3 Å². The van der Waals surface area contributed by atoms with E-state index in [0.717, 1.165) is 28.8 Å². The number of ether oxygens (including phenoxy) is 1. The highest BCUT2D eigenvalue weighted by molar-refractivity contribution is 7.09. The highest BCUT2D eigenvalue weighted by atomic mass is 32.1. The number of anilines is 1. The fourth-order valence-electron chi connectivity index (χ4n) is 1.97. The van der Waals surface area contributed by atoms with Crippen molar-refractivity contribution in [3.8, 4) is 0 Å². The average Bonchev–Trinajstić information content (AvgIpc) is 2.87. The van der Waals surface area contributed by atoms with E-state index in [0.29, 0.717) is 6.61 Å². The minimum absolute atomic E-state index is 0.0705. The second-order valence-corrected chi connectivity index (χ2v) is 5.66. The smallest absolute Gasteiger partial charge is 0.128 e. The van der Waals surface area contributed by atoms with Crippen molar-refractivity contribution in [2.45, 2.75) is 33.4 Å². The minimum Gasteiger partial charge on any atom is -0.372 e. The third-order valence-corrected chi connectivity index (χ3v) is 4.05. The van der Waals surface area contributed by atoms with Gasteiger partial charge in [0.25, 0.3) is 0 Å². The molecular formula is C15H21N3OS. The molecule has 0 bridgehead atoms. The second kappa shape index (κ2) is 6.81. The van der Waals surface area contributed by atoms with Crippen molar-refractivity contribution in [2.24, 2.45) is 0 Å². The molecule has 5 heteroatoms. The van der Waals surface area contributed by atoms with Gasteiger partial charge in [-0.1, -0.05) is 6.07 Å². The van der Waals surface area contributed by atoms with Crippen LogP contribution in [0.3, 0.4) is 0 Å². The van der Waals surface area contributed by atoms with Crippen LogP contribution in [0.1, 0.15) is 36.3 Å². The van der Waals surface area contributed by atoms with Crippen molar-refractivity contribution in [1.29, 1.82) is 0 Å². The quantitative estimate of drug-likeness (QED) is 0.815. The van der Waals surface area contributed by atoms with Crippen LogP contribution in [-0.4, -0.2) is 23.6 Å². The summed E-state index contributed by atoms with van der Waals surface area (Å²) in [5, 5.41) is 3.13. The Labute approximate surface area is 124 Å². The molecule has 0 aliphatic heterocycles. The summed E-state index contributed by atoms with van der Waals surface area (Å²) in [4.78, 5) is 11.3. The van der Waals surface area contributed by atoms with Crippen molar-refractivity contribution < 1.29 is 4.74 Å². The molecule has 0 N–H and O–H groups in total. The van der Waals surface area contributed by atoms with Crippen molar-refractivity contribution in [1.82, 2.24) is 9.97 Å². The lowest BCUT2D eigenvalue weighted by molar-refractivity contribution is 0.0761. The summed E-state index contributed by atoms with van der Waals surface area (Å²) in [7, 11) is 2.03. The topological polar surface area (TPSA) is 38.2 Å². The Morgan fingerprint density at radius 1 is 1.35 bits per heavy atom. The Hall–Kier alpha value is -1.46. The number of aromatic nitrogens is 2. The lowest BCUT2D eigenvalue weighted by Crippen LogP contribution is -2.18. The van der Waals surface area contributed by atoms with Crippen molar-refractivity contribution in [3.05, 3.63) is 40.0 Å². The monoisotopic (exact) mass is 291 g/mol. The van der Waals surface area contributed by atoms with Gasteiger partial charge in [0, 0.05) is 24.7 Å². The zero-order valence-corrected chi connectivity index (χ0v) is 13.3. The first-order valence-corrected chi connectivity index (χ1v) is 7.68. The van der Waals surface area contributed by atoms with Gasteiger partial charge < -0.3 is 9.64 Å². The Morgan fingerprint density at radius 2 is 2.15 bits per heavy atom. The minimum atomic E-state index is 0.0705. The van der Waals surface area contributed by atoms with Crippen LogP contribution in [0, 0.1) is 6.92 Å². The first-order chi connectivity index (χ1) is 9.60. The zero-order chi connectivity index (χ0) is 14.5. The van der Waals surface area contributed by atoms with Gasteiger partial charge in [0.2, 0.25) is 0 Å². The highest BCUT2D eigenvalue weighted by Crippen LogP contribution is 2.22. The van der Waals surface area contributed by atoms with Crippen molar-refractivity contribution in [2.75, 3.05) is 18.6 Å². The first-order valence-electron chi connectivity index (χ1n) is 6.81. The van der Waals surface area contributed by atoms with Gasteiger partial charge in [-0.25, -0.2) is 9.97 Å². The summed E-state index contributed by atoms with van der Waals surface area (Å²) in [6.07, 6.45) is 0.0705. The second-order valence-electron chi connectivity index (χ2n) is 4.77. The van der Waals surface area contributed by atoms with Crippen LogP contribution < -0.4 is 4.90 Å². The maximum Gasteiger partial charge on any atom is 0.128 e. The molecule has 0 radical (unpaired) electrons. The molecular weight excluding hydrogens is 270 g/mol. The summed E-state index contributed by atoms with van der Waals surface area (Å²) in [6.45, 7) is 7.51. The van der Waals surface area contributed by atoms with Crippen LogP contribution in [0.25, 0.3) is 0 Å². The molecule has 1 atom stereocenters. The van der Waals surface area contributed by atoms with Gasteiger partial charge in [-0.3, -0.25) is 0 Å². The van der Waals surface area contributed by atoms with Gasteiger partial charge in [0.1, 0.15) is 16.9 Å². The van der Waals surface area contributed by atoms with Crippen LogP contribution in [0.2, 0.25) is 0 Å². The highest BCUT2D eigenvalue weighted by Gasteiger charge is 2.12. The molecule has 2 rings (SSSR count). The number of pyridine rings is 1. The predicted molar refractivity (Wildman–Crippen MR) is 83.2 cm³/mol. The zero-order valence-electron chi connectivity index (χ0n) is 12.5. The number of rotatable bonds is 6. The van der Waals surface area contributed by atoms with E-state index < -0.39 is 0 Å². The van der Waals surface area contributed by atoms with E-state index in [1.54, 1.807) is 11.3 Å². The molecule has 0 aliphatic carbocycles. The van der Waals surface area contributed by atoms with Crippen LogP contribution in [0.4, 0.5) is 5.82 Å². The first kappa shape index (κ1) is 14.9. The summed E-state index contributed by atoms with van der Waals surface area (Å²) in [5.41, 5.74) is 2.08. The third-order valence-electron chi connectivity index (χ3n) is 3.00. The molecule has 0 aliphatic rings. The van der Waals surface area contributed by atoms with Crippen LogP contribution in [0.15, 0.2) is 23.6 Å². The summed E-state index contributed by atoms with van der Waals surface area (Å²) in [5.74, 6) is 0.970. The molecule has 0 fully saturated rings. The van der Waals surface area contributed by atoms with Gasteiger partial charge in [0.05, 0.1) is 12.2 Å². The lowest BCUT2D eigenvalue weighted by Gasteiger charge is -2.17. The lowest BCUT2D eigenvalue weighted by atomic mass is 10.3. The van der Waals surface area contributed by atoms with Gasteiger partial charge in [-0.15, -0.1) is 11.3 Å². The molecule has 4 nitrogen and oxygen atoms in total. The number of aryl methyl sites for hydroxylation is 1. The largest absolute Gasteiger partial charge is 0.372 e. The van der Waals surface area contributed by atoms with Crippen LogP contribution in [0.5, 0.6) is 0 Å². The predicted octanol–water partition coefficient (Wildman–Crippen LogP) is 3.58. The van der Waals surface area contributed by atoms with Crippen molar-refractivity contribution in [3.63, 3.8) is 0 Å². The fourth-order valence-corrected chi connectivity index (χ4v) is 2.78. The van der Waals surface area contributed by atoms with E-state index in [2.05, 4.69) is 20.2 Å². The van der Waals surface area contributed by atoms with Crippen molar-refractivity contribution >= 4 is 17.2 Å². The third kappa shape index (κ3) is 3.77. The van der Waals surface area contributed by atoms with Crippen LogP contribution >= 0.6 is 11.3 Å². The number of hydrogen-bond donors (Lipinski definition) is 0. The number of thiazole rings is 1. The summed E-state index contributed by atoms with van der Waals surface area (Å²) >= 11 is 1.65. The normalized spacial score (nSPS) is 12.4. The molecule has 108 valence electrons. The Balaban J connectivity index is 2.03. The maximum absolute atomic E-state index is 5.57. The molecule has 2 heterocycles. The Morgan fingerprint density at radius 3 is 2.85 bits per heavy atom. The van der Waals surface area contributed by atoms with E-state index in [9.17, 15) is 0 Å². The summed E-state index contributed by atoms with van der Waals surface area (Å²) in [6, 6.07) is 6.04. The van der Waals surface area contributed by atoms with Gasteiger partial charge in [-0.05, 0) is 32.9 Å². The Bertz CT molecular complexity index is 556. The van der Waals surface area contributed by atoms with E-state index in [1.807, 2.05) is 46.0 Å². The average molecular weight is 291 g/mol. The SMILES string of the molecule is CCO[C@@H](C)c1nc(CN(C)c2cccc(C)n2)cs1. The molecule has 0 saturated carbocycles. The van der Waals surface area contributed by atoms with Gasteiger partial charge in [-0.2, -0.15) is 0 Å². The fraction of sp³-hybridized carbons (Fsp3) is 0.467. The Kier molecular flexibility index (Phi) is 5.09. The van der Waals surface area contributed by atoms with Gasteiger partial charge in [0.15, 0.2) is 0 Å². The van der Waals surface area contributed by atoms with E-state index in [1.165, 1.54) is 0 Å².